The number of amides is 1. The van der Waals surface area contributed by atoms with Crippen LogP contribution in [-0.2, 0) is 0 Å². The maximum absolute atomic E-state index is 13.2. The summed E-state index contributed by atoms with van der Waals surface area (Å²) in [7, 11) is 0. The molecule has 0 aliphatic heterocycles. The zero-order chi connectivity index (χ0) is 10.0. The highest BCUT2D eigenvalue weighted by Crippen LogP contribution is 2.15. The first-order chi connectivity index (χ1) is 6.06. The van der Waals surface area contributed by atoms with Crippen LogP contribution < -0.4 is 5.73 Å². The van der Waals surface area contributed by atoms with E-state index in [1.54, 1.807) is 13.0 Å². The van der Waals surface area contributed by atoms with Crippen molar-refractivity contribution < 1.29 is 9.18 Å². The fraction of sp³-hybridized carbons (Fsp3) is 0.100. The van der Waals surface area contributed by atoms with Crippen LogP contribution in [-0.4, -0.2) is 5.91 Å². The second kappa shape index (κ2) is 3.39. The average Bonchev–Trinajstić information content (AvgIpc) is 2.02. The highest BCUT2D eigenvalue weighted by molar-refractivity contribution is 5.94. The van der Waals surface area contributed by atoms with Crippen molar-refractivity contribution in [2.24, 2.45) is 5.73 Å². The molecule has 1 aromatic carbocycles. The molecule has 0 saturated carbocycles. The molecule has 0 bridgehead atoms. The Morgan fingerprint density at radius 2 is 2.23 bits per heavy atom. The number of hydrogen-bond donors (Lipinski definition) is 1. The van der Waals surface area contributed by atoms with Gasteiger partial charge in [0.25, 0.3) is 5.91 Å². The van der Waals surface area contributed by atoms with Crippen LogP contribution in [0.2, 0.25) is 0 Å². The molecular formula is C10H10FNO. The molecular weight excluding hydrogens is 169 g/mol. The third kappa shape index (κ3) is 1.75. The van der Waals surface area contributed by atoms with Gasteiger partial charge < -0.3 is 5.73 Å². The van der Waals surface area contributed by atoms with Crippen LogP contribution in [0.1, 0.15) is 21.5 Å². The Morgan fingerprint density at radius 3 is 2.62 bits per heavy atom. The van der Waals surface area contributed by atoms with Crippen molar-refractivity contribution in [3.8, 4) is 0 Å². The maximum atomic E-state index is 13.2. The first-order valence-electron chi connectivity index (χ1n) is 3.78. The number of aryl methyl sites for hydroxylation is 1. The molecule has 2 nitrogen and oxygen atoms in total. The highest BCUT2D eigenvalue weighted by atomic mass is 19.1. The molecule has 68 valence electrons. The van der Waals surface area contributed by atoms with Crippen LogP contribution in [0.25, 0.3) is 6.08 Å². The normalized spacial score (nSPS) is 9.69. The summed E-state index contributed by atoms with van der Waals surface area (Å²) in [5.74, 6) is -1.34. The Hall–Kier alpha value is -1.64. The Morgan fingerprint density at radius 1 is 1.62 bits per heavy atom. The van der Waals surface area contributed by atoms with E-state index in [-0.39, 0.29) is 5.56 Å². The number of carbonyl (C=O) groups excluding carboxylic acids is 1. The van der Waals surface area contributed by atoms with Crippen LogP contribution in [0.3, 0.4) is 0 Å². The van der Waals surface area contributed by atoms with Gasteiger partial charge in [0.1, 0.15) is 5.82 Å². The van der Waals surface area contributed by atoms with Crippen molar-refractivity contribution in [3.05, 3.63) is 41.2 Å². The van der Waals surface area contributed by atoms with Gasteiger partial charge in [0.2, 0.25) is 0 Å². The molecule has 0 radical (unpaired) electrons. The van der Waals surface area contributed by atoms with Gasteiger partial charge in [0, 0.05) is 0 Å². The van der Waals surface area contributed by atoms with Gasteiger partial charge in [-0.2, -0.15) is 0 Å². The Labute approximate surface area is 75.9 Å². The van der Waals surface area contributed by atoms with E-state index in [2.05, 4.69) is 6.58 Å². The van der Waals surface area contributed by atoms with Crippen LogP contribution in [0, 0.1) is 12.7 Å². The molecule has 1 aromatic rings. The molecule has 13 heavy (non-hydrogen) atoms. The van der Waals surface area contributed by atoms with Crippen LogP contribution in [0.4, 0.5) is 4.39 Å². The van der Waals surface area contributed by atoms with Crippen LogP contribution in [0.5, 0.6) is 0 Å². The minimum atomic E-state index is -0.745. The molecule has 0 fully saturated rings. The number of nitrogens with two attached hydrogens (primary N) is 1. The molecule has 0 aliphatic carbocycles. The number of rotatable bonds is 2. The fourth-order valence-corrected chi connectivity index (χ4v) is 1.20. The SMILES string of the molecule is C=Cc1cc(C)c(C(N)=O)c(F)c1. The zero-order valence-corrected chi connectivity index (χ0v) is 7.30. The second-order valence-electron chi connectivity index (χ2n) is 2.76. The first-order valence-corrected chi connectivity index (χ1v) is 3.78. The first kappa shape index (κ1) is 9.45. The van der Waals surface area contributed by atoms with Gasteiger partial charge in [-0.3, -0.25) is 4.79 Å². The van der Waals surface area contributed by atoms with E-state index in [1.807, 2.05) is 0 Å². The Balaban J connectivity index is 3.39. The second-order valence-corrected chi connectivity index (χ2v) is 2.76. The van der Waals surface area contributed by atoms with Gasteiger partial charge >= 0.3 is 0 Å². The van der Waals surface area contributed by atoms with E-state index < -0.39 is 11.7 Å². The van der Waals surface area contributed by atoms with Crippen molar-refractivity contribution >= 4 is 12.0 Å². The van der Waals surface area contributed by atoms with Crippen molar-refractivity contribution in [2.75, 3.05) is 0 Å². The zero-order valence-electron chi connectivity index (χ0n) is 7.30. The fourth-order valence-electron chi connectivity index (χ4n) is 1.20. The van der Waals surface area contributed by atoms with Gasteiger partial charge in [-0.15, -0.1) is 0 Å². The number of carbonyl (C=O) groups is 1. The van der Waals surface area contributed by atoms with Crippen molar-refractivity contribution in [2.45, 2.75) is 6.92 Å². The summed E-state index contributed by atoms with van der Waals surface area (Å²) in [5.41, 5.74) is 6.12. The monoisotopic (exact) mass is 179 g/mol. The molecule has 2 N–H and O–H groups in total. The van der Waals surface area contributed by atoms with E-state index in [1.165, 1.54) is 12.1 Å². The number of primary amides is 1. The molecule has 0 spiro atoms. The lowest BCUT2D eigenvalue weighted by atomic mass is 10.0. The standard InChI is InChI=1S/C10H10FNO/c1-3-7-4-6(2)9(10(12)13)8(11)5-7/h3-5H,1H2,2H3,(H2,12,13). The summed E-state index contributed by atoms with van der Waals surface area (Å²) in [6.45, 7) is 5.14. The maximum Gasteiger partial charge on any atom is 0.251 e. The van der Waals surface area contributed by atoms with E-state index >= 15 is 0 Å². The van der Waals surface area contributed by atoms with Crippen LogP contribution >= 0.6 is 0 Å². The molecule has 0 aliphatic rings. The summed E-state index contributed by atoms with van der Waals surface area (Å²) in [5, 5.41) is 0. The Kier molecular flexibility index (Phi) is 2.46. The number of halogens is 1. The number of benzene rings is 1. The van der Waals surface area contributed by atoms with Crippen molar-refractivity contribution in [1.29, 1.82) is 0 Å². The summed E-state index contributed by atoms with van der Waals surface area (Å²) in [6.07, 6.45) is 1.51. The summed E-state index contributed by atoms with van der Waals surface area (Å²) < 4.78 is 13.2. The van der Waals surface area contributed by atoms with E-state index in [0.717, 1.165) is 0 Å². The molecule has 1 rings (SSSR count). The minimum absolute atomic E-state index is 0.0504. The Bertz CT molecular complexity index is 348. The lowest BCUT2D eigenvalue weighted by Gasteiger charge is -2.04. The largest absolute Gasteiger partial charge is 0.365 e. The van der Waals surface area contributed by atoms with E-state index in [9.17, 15) is 9.18 Å². The average molecular weight is 179 g/mol. The third-order valence-electron chi connectivity index (χ3n) is 1.79. The van der Waals surface area contributed by atoms with E-state index in [0.29, 0.717) is 11.1 Å². The molecule has 0 unspecified atom stereocenters. The number of hydrogen-bond acceptors (Lipinski definition) is 1. The summed E-state index contributed by atoms with van der Waals surface area (Å²) in [4.78, 5) is 10.8. The molecule has 1 amide bonds. The molecule has 0 heterocycles. The summed E-state index contributed by atoms with van der Waals surface area (Å²) >= 11 is 0. The summed E-state index contributed by atoms with van der Waals surface area (Å²) in [6, 6.07) is 2.90. The molecule has 3 heteroatoms. The van der Waals surface area contributed by atoms with Gasteiger partial charge in [-0.1, -0.05) is 18.7 Å². The molecule has 0 atom stereocenters. The van der Waals surface area contributed by atoms with E-state index in [4.69, 9.17) is 5.73 Å². The highest BCUT2D eigenvalue weighted by Gasteiger charge is 2.11. The predicted octanol–water partition coefficient (Wildman–Crippen LogP) is 1.88. The van der Waals surface area contributed by atoms with Crippen molar-refractivity contribution in [3.63, 3.8) is 0 Å². The predicted molar refractivity (Wildman–Crippen MR) is 49.7 cm³/mol. The van der Waals surface area contributed by atoms with Gasteiger partial charge in [-0.05, 0) is 24.1 Å². The topological polar surface area (TPSA) is 43.1 Å². The van der Waals surface area contributed by atoms with Gasteiger partial charge in [0.15, 0.2) is 0 Å². The van der Waals surface area contributed by atoms with Crippen molar-refractivity contribution in [1.82, 2.24) is 0 Å². The molecule has 0 saturated heterocycles. The quantitative estimate of drug-likeness (QED) is 0.740. The van der Waals surface area contributed by atoms with Gasteiger partial charge in [-0.25, -0.2) is 4.39 Å². The van der Waals surface area contributed by atoms with Crippen LogP contribution in [0.15, 0.2) is 18.7 Å². The lowest BCUT2D eigenvalue weighted by Crippen LogP contribution is -2.15. The molecule has 0 aromatic heterocycles. The minimum Gasteiger partial charge on any atom is -0.365 e. The van der Waals surface area contributed by atoms with Gasteiger partial charge in [0.05, 0.1) is 5.56 Å². The third-order valence-corrected chi connectivity index (χ3v) is 1.79. The lowest BCUT2D eigenvalue weighted by molar-refractivity contribution is 0.0996. The smallest absolute Gasteiger partial charge is 0.251 e.